The van der Waals surface area contributed by atoms with Crippen molar-refractivity contribution in [3.8, 4) is 11.5 Å². The molecule has 2 rings (SSSR count). The zero-order valence-corrected chi connectivity index (χ0v) is 13.5. The zero-order chi connectivity index (χ0) is 14.4. The summed E-state index contributed by atoms with van der Waals surface area (Å²) in [5, 5.41) is 4.07. The van der Waals surface area contributed by atoms with Gasteiger partial charge >= 0.3 is 0 Å². The molecule has 1 unspecified atom stereocenters. The van der Waals surface area contributed by atoms with Crippen LogP contribution in [0.3, 0.4) is 0 Å². The number of hydrogen-bond acceptors (Lipinski definition) is 4. The van der Waals surface area contributed by atoms with Crippen molar-refractivity contribution in [1.82, 2.24) is 5.32 Å². The maximum absolute atomic E-state index is 5.62. The van der Waals surface area contributed by atoms with Crippen LogP contribution in [0.15, 0.2) is 23.1 Å². The molecule has 1 aromatic rings. The second kappa shape index (κ2) is 7.79. The Morgan fingerprint density at radius 3 is 2.65 bits per heavy atom. The van der Waals surface area contributed by atoms with Gasteiger partial charge in [-0.1, -0.05) is 20.8 Å². The Morgan fingerprint density at radius 2 is 1.90 bits per heavy atom. The minimum atomic E-state index is 0.546. The minimum absolute atomic E-state index is 0.546. The highest BCUT2D eigenvalue weighted by atomic mass is 32.2. The Balaban J connectivity index is 1.77. The van der Waals surface area contributed by atoms with Crippen LogP contribution in [0.1, 0.15) is 27.2 Å². The molecule has 1 aromatic carbocycles. The molecule has 4 heteroatoms. The maximum Gasteiger partial charge on any atom is 0.162 e. The van der Waals surface area contributed by atoms with Crippen molar-refractivity contribution < 1.29 is 9.47 Å². The summed E-state index contributed by atoms with van der Waals surface area (Å²) in [6.07, 6.45) is 1.24. The van der Waals surface area contributed by atoms with Gasteiger partial charge in [0.05, 0.1) is 0 Å². The Hall–Kier alpha value is -0.870. The molecule has 1 atom stereocenters. The van der Waals surface area contributed by atoms with Crippen molar-refractivity contribution >= 4 is 11.8 Å². The molecule has 0 aromatic heterocycles. The van der Waals surface area contributed by atoms with E-state index in [0.29, 0.717) is 18.5 Å². The van der Waals surface area contributed by atoms with Crippen LogP contribution in [0.5, 0.6) is 11.5 Å². The molecule has 0 bridgehead atoms. The van der Waals surface area contributed by atoms with Crippen LogP contribution in [-0.4, -0.2) is 31.6 Å². The van der Waals surface area contributed by atoms with E-state index in [9.17, 15) is 0 Å². The molecule has 1 N–H and O–H groups in total. The molecular weight excluding hydrogens is 270 g/mol. The summed E-state index contributed by atoms with van der Waals surface area (Å²) >= 11 is 1.88. The van der Waals surface area contributed by atoms with Crippen LogP contribution in [0.4, 0.5) is 0 Å². The summed E-state index contributed by atoms with van der Waals surface area (Å²) in [6.45, 7) is 10.2. The summed E-state index contributed by atoms with van der Waals surface area (Å²) in [7, 11) is 0. The van der Waals surface area contributed by atoms with Gasteiger partial charge in [0.15, 0.2) is 11.5 Å². The van der Waals surface area contributed by atoms with E-state index in [1.54, 1.807) is 0 Å². The van der Waals surface area contributed by atoms with Crippen LogP contribution in [0, 0.1) is 5.92 Å². The van der Waals surface area contributed by atoms with E-state index in [1.165, 1.54) is 11.3 Å². The number of hydrogen-bond donors (Lipinski definition) is 1. The molecule has 0 radical (unpaired) electrons. The first kappa shape index (κ1) is 15.5. The fraction of sp³-hybridized carbons (Fsp3) is 0.625. The molecule has 20 heavy (non-hydrogen) atoms. The van der Waals surface area contributed by atoms with E-state index in [4.69, 9.17) is 9.47 Å². The highest BCUT2D eigenvalue weighted by Gasteiger charge is 2.13. The van der Waals surface area contributed by atoms with Gasteiger partial charge < -0.3 is 14.8 Å². The van der Waals surface area contributed by atoms with Crippen LogP contribution in [-0.2, 0) is 0 Å². The number of nitrogens with one attached hydrogen (secondary N) is 1. The average molecular weight is 295 g/mol. The molecule has 0 saturated heterocycles. The Bertz CT molecular complexity index is 423. The van der Waals surface area contributed by atoms with Gasteiger partial charge in [-0.3, -0.25) is 0 Å². The Morgan fingerprint density at radius 1 is 1.15 bits per heavy atom. The standard InChI is InChI=1S/C16H25NO2S/c1-12(2)6-7-17-11-13(3)20-14-4-5-15-16(10-14)19-9-8-18-15/h4-5,10,12-13,17H,6-9,11H2,1-3H3. The van der Waals surface area contributed by atoms with Crippen molar-refractivity contribution in [2.24, 2.45) is 5.92 Å². The first-order valence-electron chi connectivity index (χ1n) is 7.42. The first-order chi connectivity index (χ1) is 9.65. The van der Waals surface area contributed by atoms with Crippen molar-refractivity contribution in [2.75, 3.05) is 26.3 Å². The predicted octanol–water partition coefficient (Wildman–Crippen LogP) is 3.57. The minimum Gasteiger partial charge on any atom is -0.486 e. The molecule has 112 valence electrons. The average Bonchev–Trinajstić information content (AvgIpc) is 2.43. The number of rotatable bonds is 7. The lowest BCUT2D eigenvalue weighted by Gasteiger charge is -2.19. The normalized spacial score (nSPS) is 15.4. The lowest BCUT2D eigenvalue weighted by Crippen LogP contribution is -2.24. The van der Waals surface area contributed by atoms with Gasteiger partial charge in [-0.25, -0.2) is 0 Å². The first-order valence-corrected chi connectivity index (χ1v) is 8.30. The van der Waals surface area contributed by atoms with E-state index < -0.39 is 0 Å². The van der Waals surface area contributed by atoms with E-state index in [-0.39, 0.29) is 0 Å². The molecule has 1 aliphatic heterocycles. The molecule has 1 heterocycles. The second-order valence-corrected chi connectivity index (χ2v) is 7.13. The number of thioether (sulfide) groups is 1. The van der Waals surface area contributed by atoms with Crippen LogP contribution >= 0.6 is 11.8 Å². The molecule has 0 amide bonds. The van der Waals surface area contributed by atoms with E-state index in [0.717, 1.165) is 30.5 Å². The fourth-order valence-electron chi connectivity index (χ4n) is 2.07. The summed E-state index contributed by atoms with van der Waals surface area (Å²) in [6, 6.07) is 6.21. The molecular formula is C16H25NO2S. The predicted molar refractivity (Wildman–Crippen MR) is 85.1 cm³/mol. The van der Waals surface area contributed by atoms with Gasteiger partial charge in [0, 0.05) is 16.7 Å². The Labute approximate surface area is 126 Å². The highest BCUT2D eigenvalue weighted by molar-refractivity contribution is 8.00. The van der Waals surface area contributed by atoms with Gasteiger partial charge in [0.2, 0.25) is 0 Å². The third-order valence-electron chi connectivity index (χ3n) is 3.18. The molecule has 0 spiro atoms. The van der Waals surface area contributed by atoms with Crippen molar-refractivity contribution in [3.05, 3.63) is 18.2 Å². The largest absolute Gasteiger partial charge is 0.486 e. The summed E-state index contributed by atoms with van der Waals surface area (Å²) in [4.78, 5) is 1.24. The summed E-state index contributed by atoms with van der Waals surface area (Å²) in [5.41, 5.74) is 0. The van der Waals surface area contributed by atoms with Gasteiger partial charge in [0.25, 0.3) is 0 Å². The third-order valence-corrected chi connectivity index (χ3v) is 4.28. The zero-order valence-electron chi connectivity index (χ0n) is 12.6. The number of benzene rings is 1. The molecule has 3 nitrogen and oxygen atoms in total. The quantitative estimate of drug-likeness (QED) is 0.615. The van der Waals surface area contributed by atoms with Crippen LogP contribution in [0.2, 0.25) is 0 Å². The van der Waals surface area contributed by atoms with E-state index in [1.807, 2.05) is 17.8 Å². The fourth-order valence-corrected chi connectivity index (χ4v) is 3.05. The monoisotopic (exact) mass is 295 g/mol. The van der Waals surface area contributed by atoms with E-state index in [2.05, 4.69) is 38.2 Å². The third kappa shape index (κ3) is 4.91. The number of fused-ring (bicyclic) bond motifs is 1. The van der Waals surface area contributed by atoms with Gasteiger partial charge in [-0.05, 0) is 37.1 Å². The van der Waals surface area contributed by atoms with Crippen molar-refractivity contribution in [1.29, 1.82) is 0 Å². The topological polar surface area (TPSA) is 30.5 Å². The van der Waals surface area contributed by atoms with Crippen molar-refractivity contribution in [2.45, 2.75) is 37.3 Å². The smallest absolute Gasteiger partial charge is 0.162 e. The van der Waals surface area contributed by atoms with Crippen LogP contribution in [0.25, 0.3) is 0 Å². The molecule has 0 fully saturated rings. The SMILES string of the molecule is CC(C)CCNCC(C)Sc1ccc2c(c1)OCCO2. The molecule has 0 saturated carbocycles. The lowest BCUT2D eigenvalue weighted by atomic mass is 10.1. The summed E-state index contributed by atoms with van der Waals surface area (Å²) in [5.74, 6) is 2.51. The number of ether oxygens (including phenoxy) is 2. The summed E-state index contributed by atoms with van der Waals surface area (Å²) < 4.78 is 11.2. The Kier molecular flexibility index (Phi) is 6.05. The van der Waals surface area contributed by atoms with Gasteiger partial charge in [-0.15, -0.1) is 11.8 Å². The molecule has 0 aliphatic carbocycles. The highest BCUT2D eigenvalue weighted by Crippen LogP contribution is 2.35. The van der Waals surface area contributed by atoms with E-state index >= 15 is 0 Å². The van der Waals surface area contributed by atoms with Gasteiger partial charge in [0.1, 0.15) is 13.2 Å². The second-order valence-electron chi connectivity index (χ2n) is 5.62. The molecule has 1 aliphatic rings. The maximum atomic E-state index is 5.62. The van der Waals surface area contributed by atoms with Crippen molar-refractivity contribution in [3.63, 3.8) is 0 Å². The van der Waals surface area contributed by atoms with Gasteiger partial charge in [-0.2, -0.15) is 0 Å². The lowest BCUT2D eigenvalue weighted by molar-refractivity contribution is 0.171. The van der Waals surface area contributed by atoms with Crippen LogP contribution < -0.4 is 14.8 Å².